The lowest BCUT2D eigenvalue weighted by molar-refractivity contribution is 0.0755. The lowest BCUT2D eigenvalue weighted by atomic mass is 10.1. The number of aryl methyl sites for hydroxylation is 2. The van der Waals surface area contributed by atoms with Crippen LogP contribution in [0.4, 0.5) is 11.4 Å². The largest absolute Gasteiger partial charge is 0.354 e. The first-order chi connectivity index (χ1) is 11.5. The van der Waals surface area contributed by atoms with E-state index in [0.717, 1.165) is 37.3 Å². The van der Waals surface area contributed by atoms with E-state index in [-0.39, 0.29) is 5.91 Å². The van der Waals surface area contributed by atoms with Crippen LogP contribution in [0.15, 0.2) is 36.7 Å². The van der Waals surface area contributed by atoms with Crippen molar-refractivity contribution in [1.29, 1.82) is 0 Å². The summed E-state index contributed by atoms with van der Waals surface area (Å²) in [5.41, 5.74) is 4.88. The second kappa shape index (κ2) is 8.48. The maximum atomic E-state index is 12.7. The molecule has 1 heterocycles. The predicted molar refractivity (Wildman–Crippen MR) is 99.9 cm³/mol. The Morgan fingerprint density at radius 1 is 0.958 bits per heavy atom. The number of benzene rings is 1. The number of carbonyl (C=O) groups excluding carboxylic acids is 1. The van der Waals surface area contributed by atoms with Crippen molar-refractivity contribution in [2.24, 2.45) is 0 Å². The van der Waals surface area contributed by atoms with Gasteiger partial charge in [0.25, 0.3) is 5.91 Å². The average molecular weight is 325 g/mol. The maximum absolute atomic E-state index is 12.7. The third kappa shape index (κ3) is 4.82. The first-order valence-corrected chi connectivity index (χ1v) is 8.63. The van der Waals surface area contributed by atoms with E-state index in [1.807, 2.05) is 11.0 Å². The molecule has 1 aromatic heterocycles. The molecule has 0 unspecified atom stereocenters. The van der Waals surface area contributed by atoms with E-state index in [1.165, 1.54) is 11.1 Å². The minimum Gasteiger partial charge on any atom is -0.354 e. The highest BCUT2D eigenvalue weighted by Crippen LogP contribution is 2.20. The molecule has 1 N–H and O–H groups in total. The normalized spacial score (nSPS) is 10.5. The number of hydrogen-bond acceptors (Lipinski definition) is 3. The summed E-state index contributed by atoms with van der Waals surface area (Å²) in [4.78, 5) is 18.8. The van der Waals surface area contributed by atoms with Gasteiger partial charge in [0, 0.05) is 25.0 Å². The van der Waals surface area contributed by atoms with E-state index in [1.54, 1.807) is 12.4 Å². The molecule has 0 spiro atoms. The van der Waals surface area contributed by atoms with Crippen LogP contribution in [-0.2, 0) is 0 Å². The standard InChI is InChI=1S/C20H27N3O/c1-5-7-23(8-6-2)20(24)17-12-19(14-21-13-17)22-18-10-15(3)9-16(4)11-18/h9-14,22H,5-8H2,1-4H3. The molecular formula is C20H27N3O. The molecule has 0 fully saturated rings. The fourth-order valence-electron chi connectivity index (χ4n) is 2.88. The second-order valence-corrected chi connectivity index (χ2v) is 6.26. The average Bonchev–Trinajstić information content (AvgIpc) is 2.53. The number of nitrogens with zero attached hydrogens (tertiary/aromatic N) is 2. The number of anilines is 2. The zero-order valence-electron chi connectivity index (χ0n) is 15.1. The molecule has 0 radical (unpaired) electrons. The Labute approximate surface area is 144 Å². The Balaban J connectivity index is 2.20. The highest BCUT2D eigenvalue weighted by molar-refractivity contribution is 5.95. The molecule has 1 amide bonds. The second-order valence-electron chi connectivity index (χ2n) is 6.26. The van der Waals surface area contributed by atoms with Crippen molar-refractivity contribution in [2.75, 3.05) is 18.4 Å². The first kappa shape index (κ1) is 18.0. The number of hydrogen-bond donors (Lipinski definition) is 1. The van der Waals surface area contributed by atoms with Gasteiger partial charge in [-0.05, 0) is 56.0 Å². The van der Waals surface area contributed by atoms with Gasteiger partial charge in [-0.3, -0.25) is 9.78 Å². The molecule has 2 rings (SSSR count). The Morgan fingerprint density at radius 3 is 2.17 bits per heavy atom. The molecule has 0 atom stereocenters. The summed E-state index contributed by atoms with van der Waals surface area (Å²) in [7, 11) is 0. The summed E-state index contributed by atoms with van der Waals surface area (Å²) in [5.74, 6) is 0.0512. The van der Waals surface area contributed by atoms with Gasteiger partial charge in [0.1, 0.15) is 0 Å². The van der Waals surface area contributed by atoms with Crippen LogP contribution >= 0.6 is 0 Å². The third-order valence-electron chi connectivity index (χ3n) is 3.77. The molecule has 4 nitrogen and oxygen atoms in total. The van der Waals surface area contributed by atoms with Gasteiger partial charge in [0.2, 0.25) is 0 Å². The summed E-state index contributed by atoms with van der Waals surface area (Å²) >= 11 is 0. The first-order valence-electron chi connectivity index (χ1n) is 8.63. The molecule has 0 aliphatic heterocycles. The van der Waals surface area contributed by atoms with E-state index in [9.17, 15) is 4.79 Å². The highest BCUT2D eigenvalue weighted by atomic mass is 16.2. The van der Waals surface area contributed by atoms with Crippen molar-refractivity contribution in [3.63, 3.8) is 0 Å². The molecule has 24 heavy (non-hydrogen) atoms. The van der Waals surface area contributed by atoms with Crippen LogP contribution in [0.1, 0.15) is 48.2 Å². The van der Waals surface area contributed by atoms with Crippen LogP contribution < -0.4 is 5.32 Å². The van der Waals surface area contributed by atoms with Gasteiger partial charge >= 0.3 is 0 Å². The van der Waals surface area contributed by atoms with Gasteiger partial charge in [-0.25, -0.2) is 0 Å². The lowest BCUT2D eigenvalue weighted by Crippen LogP contribution is -2.32. The van der Waals surface area contributed by atoms with Crippen molar-refractivity contribution < 1.29 is 4.79 Å². The minimum absolute atomic E-state index is 0.0512. The summed E-state index contributed by atoms with van der Waals surface area (Å²) in [6.07, 6.45) is 5.31. The Hall–Kier alpha value is -2.36. The van der Waals surface area contributed by atoms with Gasteiger partial charge in [0.15, 0.2) is 0 Å². The zero-order valence-corrected chi connectivity index (χ0v) is 15.1. The molecule has 128 valence electrons. The Bertz CT molecular complexity index is 671. The fraction of sp³-hybridized carbons (Fsp3) is 0.400. The molecule has 0 saturated carbocycles. The van der Waals surface area contributed by atoms with Gasteiger partial charge in [-0.2, -0.15) is 0 Å². The molecule has 4 heteroatoms. The maximum Gasteiger partial charge on any atom is 0.255 e. The molecule has 0 aliphatic rings. The SMILES string of the molecule is CCCN(CCC)C(=O)c1cncc(Nc2cc(C)cc(C)c2)c1. The van der Waals surface area contributed by atoms with Crippen LogP contribution in [0.3, 0.4) is 0 Å². The number of aromatic nitrogens is 1. The van der Waals surface area contributed by atoms with Gasteiger partial charge < -0.3 is 10.2 Å². The number of rotatable bonds is 7. The molecule has 1 aromatic carbocycles. The van der Waals surface area contributed by atoms with Crippen LogP contribution in [-0.4, -0.2) is 28.9 Å². The number of carbonyl (C=O) groups is 1. The molecule has 0 aliphatic carbocycles. The van der Waals surface area contributed by atoms with Crippen molar-refractivity contribution in [3.8, 4) is 0 Å². The summed E-state index contributed by atoms with van der Waals surface area (Å²) in [6.45, 7) is 9.88. The summed E-state index contributed by atoms with van der Waals surface area (Å²) in [5, 5.41) is 3.35. The number of amides is 1. The van der Waals surface area contributed by atoms with Crippen molar-refractivity contribution in [2.45, 2.75) is 40.5 Å². The summed E-state index contributed by atoms with van der Waals surface area (Å²) < 4.78 is 0. The van der Waals surface area contributed by atoms with E-state index in [2.05, 4.69) is 56.2 Å². The smallest absolute Gasteiger partial charge is 0.255 e. The monoisotopic (exact) mass is 325 g/mol. The molecule has 0 bridgehead atoms. The van der Waals surface area contributed by atoms with Crippen LogP contribution in [0, 0.1) is 13.8 Å². The molecule has 2 aromatic rings. The third-order valence-corrected chi connectivity index (χ3v) is 3.77. The van der Waals surface area contributed by atoms with Crippen molar-refractivity contribution in [3.05, 3.63) is 53.3 Å². The Kier molecular flexibility index (Phi) is 6.36. The zero-order chi connectivity index (χ0) is 17.5. The van der Waals surface area contributed by atoms with Crippen LogP contribution in [0.25, 0.3) is 0 Å². The topological polar surface area (TPSA) is 45.2 Å². The van der Waals surface area contributed by atoms with Gasteiger partial charge in [0.05, 0.1) is 17.4 Å². The fourth-order valence-corrected chi connectivity index (χ4v) is 2.88. The predicted octanol–water partition coefficient (Wildman–Crippen LogP) is 4.70. The van der Waals surface area contributed by atoms with Gasteiger partial charge in [-0.1, -0.05) is 19.9 Å². The van der Waals surface area contributed by atoms with Gasteiger partial charge in [-0.15, -0.1) is 0 Å². The lowest BCUT2D eigenvalue weighted by Gasteiger charge is -2.21. The summed E-state index contributed by atoms with van der Waals surface area (Å²) in [6, 6.07) is 8.19. The molecular weight excluding hydrogens is 298 g/mol. The van der Waals surface area contributed by atoms with Crippen LogP contribution in [0.5, 0.6) is 0 Å². The number of nitrogens with one attached hydrogen (secondary N) is 1. The number of pyridine rings is 1. The van der Waals surface area contributed by atoms with Crippen LogP contribution in [0.2, 0.25) is 0 Å². The van der Waals surface area contributed by atoms with Crippen molar-refractivity contribution in [1.82, 2.24) is 9.88 Å². The Morgan fingerprint density at radius 2 is 1.58 bits per heavy atom. The highest BCUT2D eigenvalue weighted by Gasteiger charge is 2.15. The van der Waals surface area contributed by atoms with Crippen molar-refractivity contribution >= 4 is 17.3 Å². The quantitative estimate of drug-likeness (QED) is 0.802. The molecule has 0 saturated heterocycles. The van der Waals surface area contributed by atoms with E-state index in [0.29, 0.717) is 5.56 Å². The van der Waals surface area contributed by atoms with E-state index >= 15 is 0 Å². The van der Waals surface area contributed by atoms with E-state index in [4.69, 9.17) is 0 Å². The van der Waals surface area contributed by atoms with E-state index < -0.39 is 0 Å². The minimum atomic E-state index is 0.0512.